The van der Waals surface area contributed by atoms with Gasteiger partial charge in [-0.05, 0) is 56.5 Å². The van der Waals surface area contributed by atoms with Gasteiger partial charge in [-0.15, -0.1) is 10.6 Å². The number of hydrazine groups is 2. The number of nitrogens with one attached hydrogen (secondary N) is 5. The van der Waals surface area contributed by atoms with E-state index in [1.165, 1.54) is 31.2 Å². The Balaban J connectivity index is 1.16. The number of benzene rings is 1. The van der Waals surface area contributed by atoms with Gasteiger partial charge in [0, 0.05) is 24.1 Å². The number of piperidine rings is 1. The largest absolute Gasteiger partial charge is 0.339 e. The number of aromatic nitrogens is 4. The first-order valence-electron chi connectivity index (χ1n) is 13.4. The molecule has 1 saturated carbocycles. The summed E-state index contributed by atoms with van der Waals surface area (Å²) in [7, 11) is 0. The highest BCUT2D eigenvalue weighted by molar-refractivity contribution is 5.89. The summed E-state index contributed by atoms with van der Waals surface area (Å²) in [4.78, 5) is 24.8. The minimum absolute atomic E-state index is 0.280. The van der Waals surface area contributed by atoms with Gasteiger partial charge in [0.2, 0.25) is 0 Å². The van der Waals surface area contributed by atoms with Crippen LogP contribution in [0.1, 0.15) is 68.7 Å². The van der Waals surface area contributed by atoms with Crippen molar-refractivity contribution in [2.75, 3.05) is 18.4 Å². The molecule has 1 saturated heterocycles. The van der Waals surface area contributed by atoms with Crippen molar-refractivity contribution >= 4 is 28.2 Å². The van der Waals surface area contributed by atoms with Crippen LogP contribution >= 0.6 is 0 Å². The van der Waals surface area contributed by atoms with E-state index in [9.17, 15) is 4.79 Å². The Morgan fingerprint density at radius 1 is 0.946 bits per heavy atom. The lowest BCUT2D eigenvalue weighted by Crippen LogP contribution is -2.42. The number of nitrogens with zero attached hydrogens (tertiary/aromatic N) is 5. The first kappa shape index (κ1) is 23.8. The Labute approximate surface area is 215 Å². The number of hydrogen-bond acceptors (Lipinski definition) is 10. The van der Waals surface area contributed by atoms with Gasteiger partial charge in [0.15, 0.2) is 0 Å². The van der Waals surface area contributed by atoms with Crippen LogP contribution in [0.3, 0.4) is 0 Å². The number of H-pyrrole nitrogens is 1. The van der Waals surface area contributed by atoms with Crippen molar-refractivity contribution in [2.24, 2.45) is 11.0 Å². The Hall–Kier alpha value is -3.57. The predicted molar refractivity (Wildman–Crippen MR) is 143 cm³/mol. The van der Waals surface area contributed by atoms with Crippen LogP contribution < -0.4 is 27.4 Å². The molecule has 3 aromatic rings. The van der Waals surface area contributed by atoms with Crippen molar-refractivity contribution in [3.05, 3.63) is 52.2 Å². The van der Waals surface area contributed by atoms with Crippen LogP contribution in [0.4, 0.5) is 11.5 Å². The number of anilines is 2. The van der Waals surface area contributed by atoms with Crippen LogP contribution in [0.15, 0.2) is 40.4 Å². The Morgan fingerprint density at radius 2 is 1.73 bits per heavy atom. The van der Waals surface area contributed by atoms with Gasteiger partial charge in [0.1, 0.15) is 28.4 Å². The molecule has 4 heterocycles. The van der Waals surface area contributed by atoms with E-state index in [1.807, 2.05) is 0 Å². The van der Waals surface area contributed by atoms with Crippen LogP contribution in [-0.2, 0) is 6.54 Å². The molecule has 1 aliphatic carbocycles. The van der Waals surface area contributed by atoms with Gasteiger partial charge in [-0.3, -0.25) is 15.1 Å². The quantitative estimate of drug-likeness (QED) is 0.322. The topological polar surface area (TPSA) is 135 Å². The van der Waals surface area contributed by atoms with Crippen LogP contribution in [0, 0.1) is 5.92 Å². The van der Waals surface area contributed by atoms with Gasteiger partial charge in [-0.1, -0.05) is 37.8 Å². The van der Waals surface area contributed by atoms with Gasteiger partial charge >= 0.3 is 0 Å². The summed E-state index contributed by atoms with van der Waals surface area (Å²) in [6, 6.07) is 8.41. The van der Waals surface area contributed by atoms with Crippen LogP contribution in [0.2, 0.25) is 0 Å². The van der Waals surface area contributed by atoms with E-state index in [4.69, 9.17) is 9.97 Å². The van der Waals surface area contributed by atoms with Gasteiger partial charge in [0.25, 0.3) is 5.56 Å². The number of fused-ring (bicyclic) bond motifs is 1. The lowest BCUT2D eigenvalue weighted by Gasteiger charge is -2.31. The van der Waals surface area contributed by atoms with Crippen molar-refractivity contribution in [3.63, 3.8) is 0 Å². The van der Waals surface area contributed by atoms with E-state index >= 15 is 0 Å². The zero-order valence-corrected chi connectivity index (χ0v) is 21.0. The maximum absolute atomic E-state index is 12.7. The molecule has 0 amide bonds. The van der Waals surface area contributed by atoms with Crippen LogP contribution in [0.5, 0.6) is 0 Å². The van der Waals surface area contributed by atoms with Gasteiger partial charge in [-0.2, -0.15) is 5.10 Å². The molecule has 2 fully saturated rings. The van der Waals surface area contributed by atoms with E-state index < -0.39 is 0 Å². The predicted octanol–water partition coefficient (Wildman–Crippen LogP) is 3.03. The second kappa shape index (κ2) is 10.8. The Kier molecular flexibility index (Phi) is 6.96. The third-order valence-electron chi connectivity index (χ3n) is 7.77. The van der Waals surface area contributed by atoms with Crippen molar-refractivity contribution < 1.29 is 0 Å². The van der Waals surface area contributed by atoms with Crippen molar-refractivity contribution in [3.8, 4) is 0 Å². The maximum Gasteiger partial charge on any atom is 0.277 e. The summed E-state index contributed by atoms with van der Waals surface area (Å²) < 4.78 is 0. The average molecular weight is 503 g/mol. The molecule has 0 spiro atoms. The molecule has 0 atom stereocenters. The van der Waals surface area contributed by atoms with E-state index in [0.717, 1.165) is 62.7 Å². The molecule has 3 aliphatic rings. The average Bonchev–Trinajstić information content (AvgIpc) is 3.32. The Bertz CT molecular complexity index is 1310. The first-order valence-corrected chi connectivity index (χ1v) is 13.4. The second-order valence-electron chi connectivity index (χ2n) is 10.3. The second-order valence-corrected chi connectivity index (χ2v) is 10.3. The highest BCUT2D eigenvalue weighted by Gasteiger charge is 2.25. The van der Waals surface area contributed by atoms with E-state index in [1.54, 1.807) is 6.20 Å². The van der Waals surface area contributed by atoms with Crippen molar-refractivity contribution in [2.45, 2.75) is 63.8 Å². The summed E-state index contributed by atoms with van der Waals surface area (Å²) in [5, 5.41) is 14.6. The number of hydrazone groups is 1. The smallest absolute Gasteiger partial charge is 0.277 e. The van der Waals surface area contributed by atoms with Crippen molar-refractivity contribution in [1.82, 2.24) is 41.6 Å². The zero-order valence-electron chi connectivity index (χ0n) is 21.0. The number of rotatable bonds is 6. The molecule has 37 heavy (non-hydrogen) atoms. The standard InChI is InChI=1S/C26H34N10O/c37-26-22-21(15-27-33-26)29-23(18-5-3-1-2-4-6-18)30-25(22)28-20-9-7-17(8-10-20)16-36-13-11-19(12-14-36)24-31-34-35-32-24/h7-10,15,18-19,34-35H,1-6,11-14,16H2,(H,31,32)(H,33,37)(H,28,29,30). The van der Waals surface area contributed by atoms with E-state index in [-0.39, 0.29) is 5.56 Å². The molecule has 0 bridgehead atoms. The molecule has 6 rings (SSSR count). The number of likely N-dealkylation sites (tertiary alicyclic amines) is 1. The summed E-state index contributed by atoms with van der Waals surface area (Å²) in [6.07, 6.45) is 10.9. The molecular weight excluding hydrogens is 468 g/mol. The van der Waals surface area contributed by atoms with Gasteiger partial charge in [-0.25, -0.2) is 20.6 Å². The zero-order chi connectivity index (χ0) is 25.0. The summed E-state index contributed by atoms with van der Waals surface area (Å²) in [6.45, 7) is 3.00. The van der Waals surface area contributed by atoms with Crippen LogP contribution in [-0.4, -0.2) is 44.0 Å². The number of hydrogen-bond donors (Lipinski definition) is 5. The lowest BCUT2D eigenvalue weighted by molar-refractivity contribution is 0.200. The van der Waals surface area contributed by atoms with Crippen molar-refractivity contribution in [1.29, 1.82) is 0 Å². The maximum atomic E-state index is 12.7. The Morgan fingerprint density at radius 3 is 2.46 bits per heavy atom. The van der Waals surface area contributed by atoms with E-state index in [2.05, 4.69) is 66.3 Å². The highest BCUT2D eigenvalue weighted by atomic mass is 16.1. The van der Waals surface area contributed by atoms with Gasteiger partial charge < -0.3 is 5.32 Å². The lowest BCUT2D eigenvalue weighted by atomic mass is 9.95. The molecular formula is C26H34N10O. The SMILES string of the molecule is O=c1[nH]ncc2nc(C3CCCCCC3)nc(Nc3ccc(CN4CCC(C5=NNNN5)CC4)cc3)c12. The fourth-order valence-corrected chi connectivity index (χ4v) is 5.69. The molecule has 1 aromatic carbocycles. The minimum atomic E-state index is -0.280. The summed E-state index contributed by atoms with van der Waals surface area (Å²) in [5.41, 5.74) is 11.1. The molecule has 5 N–H and O–H groups in total. The fourth-order valence-electron chi connectivity index (χ4n) is 5.69. The molecule has 0 radical (unpaired) electrons. The first-order chi connectivity index (χ1) is 18.2. The molecule has 11 nitrogen and oxygen atoms in total. The minimum Gasteiger partial charge on any atom is -0.339 e. The summed E-state index contributed by atoms with van der Waals surface area (Å²) >= 11 is 0. The molecule has 194 valence electrons. The highest BCUT2D eigenvalue weighted by Crippen LogP contribution is 2.32. The summed E-state index contributed by atoms with van der Waals surface area (Å²) in [5.74, 6) is 3.16. The number of amidine groups is 1. The fraction of sp³-hybridized carbons (Fsp3) is 0.500. The monoisotopic (exact) mass is 502 g/mol. The molecule has 0 unspecified atom stereocenters. The van der Waals surface area contributed by atoms with Crippen LogP contribution in [0.25, 0.3) is 10.9 Å². The molecule has 2 aliphatic heterocycles. The third kappa shape index (κ3) is 5.42. The third-order valence-corrected chi connectivity index (χ3v) is 7.77. The molecule has 11 heteroatoms. The van der Waals surface area contributed by atoms with Gasteiger partial charge in [0.05, 0.1) is 6.20 Å². The van der Waals surface area contributed by atoms with E-state index in [0.29, 0.717) is 28.6 Å². The normalized spacial score (nSPS) is 19.7. The molecule has 2 aromatic heterocycles. The number of aromatic amines is 1.